The Morgan fingerprint density at radius 1 is 1.04 bits per heavy atom. The Hall–Kier alpha value is -2.75. The average Bonchev–Trinajstić information content (AvgIpc) is 3.32. The molecule has 114 valence electrons. The van der Waals surface area contributed by atoms with Gasteiger partial charge in [0.05, 0.1) is 5.56 Å². The largest absolute Gasteiger partial charge is 0.457 e. The molecule has 1 amide bonds. The van der Waals surface area contributed by atoms with E-state index in [1.807, 2.05) is 59.5 Å². The number of nitrogens with zero attached hydrogens (tertiary/aromatic N) is 1. The average molecular weight is 304 g/mol. The minimum atomic E-state index is -0.239. The monoisotopic (exact) mass is 304 g/mol. The van der Waals surface area contributed by atoms with Crippen LogP contribution in [0.25, 0.3) is 11.0 Å². The predicted molar refractivity (Wildman–Crippen MR) is 88.2 cm³/mol. The summed E-state index contributed by atoms with van der Waals surface area (Å²) < 4.78 is 6.02. The van der Waals surface area contributed by atoms with Crippen LogP contribution in [-0.4, -0.2) is 16.8 Å². The van der Waals surface area contributed by atoms with Gasteiger partial charge in [0.15, 0.2) is 6.17 Å². The number of hydrogen-bond donors (Lipinski definition) is 1. The third kappa shape index (κ3) is 1.95. The minimum Gasteiger partial charge on any atom is -0.457 e. The fourth-order valence-electron chi connectivity index (χ4n) is 3.34. The Balaban J connectivity index is 1.64. The fourth-order valence-corrected chi connectivity index (χ4v) is 3.34. The van der Waals surface area contributed by atoms with Gasteiger partial charge in [-0.2, -0.15) is 0 Å². The summed E-state index contributed by atoms with van der Waals surface area (Å²) in [7, 11) is 0. The molecule has 1 aliphatic carbocycles. The smallest absolute Gasteiger partial charge is 0.258 e. The lowest BCUT2D eigenvalue weighted by atomic mass is 10.1. The molecule has 1 aromatic heterocycles. The van der Waals surface area contributed by atoms with Crippen molar-refractivity contribution in [1.29, 1.82) is 0 Å². The van der Waals surface area contributed by atoms with E-state index in [4.69, 9.17) is 4.42 Å². The quantitative estimate of drug-likeness (QED) is 0.773. The Morgan fingerprint density at radius 2 is 1.83 bits per heavy atom. The van der Waals surface area contributed by atoms with Crippen LogP contribution in [0, 0.1) is 0 Å². The van der Waals surface area contributed by atoms with E-state index in [1.54, 1.807) is 0 Å². The lowest BCUT2D eigenvalue weighted by Gasteiger charge is -2.36. The van der Waals surface area contributed by atoms with Crippen LogP contribution >= 0.6 is 0 Å². The molecule has 5 rings (SSSR count). The van der Waals surface area contributed by atoms with Gasteiger partial charge in [0.1, 0.15) is 11.3 Å². The number of amides is 1. The van der Waals surface area contributed by atoms with Gasteiger partial charge >= 0.3 is 0 Å². The predicted octanol–water partition coefficient (Wildman–Crippen LogP) is 4.16. The van der Waals surface area contributed by atoms with Crippen LogP contribution in [-0.2, 0) is 0 Å². The van der Waals surface area contributed by atoms with E-state index in [-0.39, 0.29) is 12.1 Å². The topological polar surface area (TPSA) is 45.5 Å². The van der Waals surface area contributed by atoms with Crippen molar-refractivity contribution in [3.63, 3.8) is 0 Å². The number of para-hydroxylation sites is 2. The summed E-state index contributed by atoms with van der Waals surface area (Å²) in [6.45, 7) is 0. The number of rotatable bonds is 2. The molecule has 0 bridgehead atoms. The maximum atomic E-state index is 12.9. The van der Waals surface area contributed by atoms with E-state index < -0.39 is 0 Å². The molecule has 0 radical (unpaired) electrons. The molecular formula is C19H16N2O2. The lowest BCUT2D eigenvalue weighted by Crippen LogP contribution is -2.44. The van der Waals surface area contributed by atoms with Crippen molar-refractivity contribution in [1.82, 2.24) is 4.90 Å². The number of anilines is 1. The maximum Gasteiger partial charge on any atom is 0.258 e. The summed E-state index contributed by atoms with van der Waals surface area (Å²) >= 11 is 0. The number of carbonyl (C=O) groups is 1. The molecule has 2 aliphatic rings. The first kappa shape index (κ1) is 12.8. The number of fused-ring (bicyclic) bond motifs is 2. The second-order valence-corrected chi connectivity index (χ2v) is 6.22. The summed E-state index contributed by atoms with van der Waals surface area (Å²) in [6, 6.07) is 18.0. The molecule has 2 aromatic carbocycles. The van der Waals surface area contributed by atoms with Crippen molar-refractivity contribution >= 4 is 22.6 Å². The Labute approximate surface area is 133 Å². The third-order valence-electron chi connectivity index (χ3n) is 4.62. The van der Waals surface area contributed by atoms with Gasteiger partial charge in [0.2, 0.25) is 0 Å². The van der Waals surface area contributed by atoms with Crippen molar-refractivity contribution < 1.29 is 9.21 Å². The SMILES string of the molecule is O=C1c2ccccc2N[C@@H](c2cc3ccccc3o2)N1C1CC1. The van der Waals surface area contributed by atoms with Crippen LogP contribution in [0.3, 0.4) is 0 Å². The van der Waals surface area contributed by atoms with Crippen molar-refractivity contribution in [2.45, 2.75) is 25.0 Å². The summed E-state index contributed by atoms with van der Waals surface area (Å²) in [5, 5.41) is 4.55. The molecule has 0 spiro atoms. The first-order valence-electron chi connectivity index (χ1n) is 7.98. The van der Waals surface area contributed by atoms with Crippen molar-refractivity contribution in [3.05, 3.63) is 65.9 Å². The van der Waals surface area contributed by atoms with Gasteiger partial charge in [-0.25, -0.2) is 0 Å². The number of hydrogen-bond acceptors (Lipinski definition) is 3. The van der Waals surface area contributed by atoms with Gasteiger partial charge in [0, 0.05) is 17.1 Å². The second kappa shape index (κ2) is 4.62. The van der Waals surface area contributed by atoms with Crippen LogP contribution in [0.1, 0.15) is 35.1 Å². The van der Waals surface area contributed by atoms with Crippen LogP contribution in [0.15, 0.2) is 59.0 Å². The minimum absolute atomic E-state index is 0.0901. The molecule has 2 heterocycles. The molecule has 1 N–H and O–H groups in total. The van der Waals surface area contributed by atoms with Gasteiger partial charge in [-0.1, -0.05) is 30.3 Å². The van der Waals surface area contributed by atoms with Crippen LogP contribution < -0.4 is 5.32 Å². The highest BCUT2D eigenvalue weighted by Crippen LogP contribution is 2.41. The molecule has 1 saturated carbocycles. The molecule has 0 unspecified atom stereocenters. The summed E-state index contributed by atoms with van der Waals surface area (Å²) in [6.07, 6.45) is 1.89. The van der Waals surface area contributed by atoms with Gasteiger partial charge in [-0.3, -0.25) is 4.79 Å². The first-order valence-corrected chi connectivity index (χ1v) is 7.98. The summed E-state index contributed by atoms with van der Waals surface area (Å²) in [5.41, 5.74) is 2.47. The highest BCUT2D eigenvalue weighted by Gasteiger charge is 2.43. The van der Waals surface area contributed by atoms with E-state index in [0.717, 1.165) is 40.8 Å². The molecule has 4 nitrogen and oxygen atoms in total. The molecule has 3 aromatic rings. The summed E-state index contributed by atoms with van der Waals surface area (Å²) in [5.74, 6) is 0.883. The summed E-state index contributed by atoms with van der Waals surface area (Å²) in [4.78, 5) is 14.9. The van der Waals surface area contributed by atoms with Gasteiger partial charge in [-0.15, -0.1) is 0 Å². The van der Waals surface area contributed by atoms with Crippen LogP contribution in [0.4, 0.5) is 5.69 Å². The number of furan rings is 1. The number of nitrogens with one attached hydrogen (secondary N) is 1. The van der Waals surface area contributed by atoms with E-state index in [2.05, 4.69) is 5.32 Å². The van der Waals surface area contributed by atoms with Crippen molar-refractivity contribution in [3.8, 4) is 0 Å². The first-order chi connectivity index (χ1) is 11.3. The highest BCUT2D eigenvalue weighted by molar-refractivity contribution is 6.02. The maximum absolute atomic E-state index is 12.9. The van der Waals surface area contributed by atoms with E-state index in [0.29, 0.717) is 6.04 Å². The Morgan fingerprint density at radius 3 is 2.65 bits per heavy atom. The van der Waals surface area contributed by atoms with Gasteiger partial charge in [-0.05, 0) is 37.1 Å². The zero-order chi connectivity index (χ0) is 15.4. The van der Waals surface area contributed by atoms with E-state index >= 15 is 0 Å². The third-order valence-corrected chi connectivity index (χ3v) is 4.62. The molecule has 1 fully saturated rings. The van der Waals surface area contributed by atoms with Crippen molar-refractivity contribution in [2.24, 2.45) is 0 Å². The number of benzene rings is 2. The molecule has 23 heavy (non-hydrogen) atoms. The normalized spacial score (nSPS) is 20.4. The molecular weight excluding hydrogens is 288 g/mol. The lowest BCUT2D eigenvalue weighted by molar-refractivity contribution is 0.0647. The van der Waals surface area contributed by atoms with E-state index in [1.165, 1.54) is 0 Å². The standard InChI is InChI=1S/C19H16N2O2/c22-19-14-6-2-3-7-15(14)20-18(21(19)13-9-10-13)17-11-12-5-1-4-8-16(12)23-17/h1-8,11,13,18,20H,9-10H2/t18-/m1/s1. The van der Waals surface area contributed by atoms with Gasteiger partial charge in [0.25, 0.3) is 5.91 Å². The van der Waals surface area contributed by atoms with Crippen molar-refractivity contribution in [2.75, 3.05) is 5.32 Å². The van der Waals surface area contributed by atoms with E-state index in [9.17, 15) is 4.79 Å². The Bertz CT molecular complexity index is 877. The zero-order valence-corrected chi connectivity index (χ0v) is 12.5. The Kier molecular flexibility index (Phi) is 2.56. The molecule has 4 heteroatoms. The number of carbonyl (C=O) groups excluding carboxylic acids is 1. The van der Waals surface area contributed by atoms with Crippen LogP contribution in [0.5, 0.6) is 0 Å². The van der Waals surface area contributed by atoms with Gasteiger partial charge < -0.3 is 14.6 Å². The molecule has 1 atom stereocenters. The molecule has 0 saturated heterocycles. The highest BCUT2D eigenvalue weighted by atomic mass is 16.3. The van der Waals surface area contributed by atoms with Crippen LogP contribution in [0.2, 0.25) is 0 Å². The molecule has 1 aliphatic heterocycles. The zero-order valence-electron chi connectivity index (χ0n) is 12.5. The fraction of sp³-hybridized carbons (Fsp3) is 0.211. The second-order valence-electron chi connectivity index (χ2n) is 6.22.